The zero-order chi connectivity index (χ0) is 21.1. The maximum Gasteiger partial charge on any atom is 0.246 e. The summed E-state index contributed by atoms with van der Waals surface area (Å²) in [6.45, 7) is 5.65. The van der Waals surface area contributed by atoms with Gasteiger partial charge in [0.25, 0.3) is 0 Å². The molecule has 1 aliphatic heterocycles. The molecule has 1 amide bonds. The fraction of sp³-hybridized carbons (Fsp3) is 0.292. The van der Waals surface area contributed by atoms with Gasteiger partial charge in [-0.3, -0.25) is 4.79 Å². The Morgan fingerprint density at radius 1 is 1.20 bits per heavy atom. The average molecular weight is 406 g/mol. The second-order valence-corrected chi connectivity index (χ2v) is 7.54. The lowest BCUT2D eigenvalue weighted by Crippen LogP contribution is -2.41. The molecule has 0 unspecified atom stereocenters. The van der Waals surface area contributed by atoms with Crippen molar-refractivity contribution in [2.24, 2.45) is 0 Å². The number of hydrogen-bond acceptors (Lipinski definition) is 4. The van der Waals surface area contributed by atoms with Crippen molar-refractivity contribution in [3.8, 4) is 11.5 Å². The number of carbonyl (C=O) groups excluding carboxylic acids is 1. The Bertz CT molecular complexity index is 1050. The molecule has 156 valence electrons. The first-order valence-electron chi connectivity index (χ1n) is 10.0. The van der Waals surface area contributed by atoms with E-state index in [2.05, 4.69) is 24.5 Å². The normalized spacial score (nSPS) is 15.5. The van der Waals surface area contributed by atoms with E-state index in [-0.39, 0.29) is 12.0 Å². The third-order valence-electron chi connectivity index (χ3n) is 5.33. The molecule has 0 N–H and O–H groups in total. The molecular weight excluding hydrogens is 380 g/mol. The molecule has 0 radical (unpaired) electrons. The number of para-hydroxylation sites is 2. The summed E-state index contributed by atoms with van der Waals surface area (Å²) >= 11 is 0. The molecule has 3 aromatic rings. The molecule has 30 heavy (non-hydrogen) atoms. The van der Waals surface area contributed by atoms with E-state index in [1.54, 1.807) is 24.3 Å². The summed E-state index contributed by atoms with van der Waals surface area (Å²) in [6.07, 6.45) is 4.96. The van der Waals surface area contributed by atoms with Gasteiger partial charge in [0.15, 0.2) is 17.6 Å². The fourth-order valence-electron chi connectivity index (χ4n) is 3.63. The molecule has 1 aromatic carbocycles. The van der Waals surface area contributed by atoms with Crippen molar-refractivity contribution in [3.05, 3.63) is 77.5 Å². The minimum absolute atomic E-state index is 0.0757. The van der Waals surface area contributed by atoms with Gasteiger partial charge in [-0.05, 0) is 55.8 Å². The van der Waals surface area contributed by atoms with Crippen LogP contribution in [-0.4, -0.2) is 41.7 Å². The average Bonchev–Trinajstić information content (AvgIpc) is 3.35. The molecule has 0 fully saturated rings. The third kappa shape index (κ3) is 4.27. The van der Waals surface area contributed by atoms with E-state index in [1.165, 1.54) is 0 Å². The van der Waals surface area contributed by atoms with Crippen LogP contribution < -0.4 is 9.47 Å². The van der Waals surface area contributed by atoms with Gasteiger partial charge in [0.05, 0.1) is 19.4 Å². The van der Waals surface area contributed by atoms with Crippen LogP contribution in [0.4, 0.5) is 0 Å². The van der Waals surface area contributed by atoms with Gasteiger partial charge >= 0.3 is 0 Å². The van der Waals surface area contributed by atoms with E-state index >= 15 is 0 Å². The summed E-state index contributed by atoms with van der Waals surface area (Å²) in [5.74, 6) is 2.29. The topological polar surface area (TPSA) is 56.8 Å². The lowest BCUT2D eigenvalue weighted by molar-refractivity contribution is -0.126. The summed E-state index contributed by atoms with van der Waals surface area (Å²) in [5.41, 5.74) is 3.24. The van der Waals surface area contributed by atoms with Crippen molar-refractivity contribution in [2.75, 3.05) is 20.2 Å². The van der Waals surface area contributed by atoms with Gasteiger partial charge in [-0.15, -0.1) is 0 Å². The van der Waals surface area contributed by atoms with Crippen molar-refractivity contribution >= 4 is 12.0 Å². The number of amides is 1. The molecule has 1 atom stereocenters. The minimum Gasteiger partial charge on any atom is -0.486 e. The molecular formula is C24H26N2O4. The van der Waals surface area contributed by atoms with Crippen molar-refractivity contribution in [1.82, 2.24) is 9.47 Å². The number of rotatable bonds is 6. The number of ether oxygens (including phenoxy) is 2. The third-order valence-corrected chi connectivity index (χ3v) is 5.33. The van der Waals surface area contributed by atoms with Crippen LogP contribution in [-0.2, 0) is 11.3 Å². The first-order valence-corrected chi connectivity index (χ1v) is 10.0. The number of fused-ring (bicyclic) bond motifs is 1. The molecule has 1 aliphatic rings. The summed E-state index contributed by atoms with van der Waals surface area (Å²) < 4.78 is 19.3. The Morgan fingerprint density at radius 3 is 2.77 bits per heavy atom. The van der Waals surface area contributed by atoms with Crippen molar-refractivity contribution < 1.29 is 18.7 Å². The highest BCUT2D eigenvalue weighted by Gasteiger charge is 2.23. The predicted octanol–water partition coefficient (Wildman–Crippen LogP) is 4.06. The highest BCUT2D eigenvalue weighted by Crippen LogP contribution is 2.31. The second-order valence-electron chi connectivity index (χ2n) is 7.54. The Kier molecular flexibility index (Phi) is 5.65. The number of furan rings is 1. The molecule has 4 rings (SSSR count). The Hall–Kier alpha value is -3.41. The van der Waals surface area contributed by atoms with Gasteiger partial charge in [0.2, 0.25) is 5.91 Å². The maximum absolute atomic E-state index is 12.6. The van der Waals surface area contributed by atoms with Gasteiger partial charge in [-0.25, -0.2) is 0 Å². The number of aryl methyl sites for hydroxylation is 1. The van der Waals surface area contributed by atoms with E-state index in [4.69, 9.17) is 13.9 Å². The van der Waals surface area contributed by atoms with Crippen molar-refractivity contribution in [2.45, 2.75) is 26.5 Å². The predicted molar refractivity (Wildman–Crippen MR) is 115 cm³/mol. The van der Waals surface area contributed by atoms with Crippen LogP contribution in [0.1, 0.15) is 22.7 Å². The van der Waals surface area contributed by atoms with Gasteiger partial charge in [-0.2, -0.15) is 0 Å². The molecule has 3 heterocycles. The summed E-state index contributed by atoms with van der Waals surface area (Å²) in [6, 6.07) is 13.5. The van der Waals surface area contributed by atoms with E-state index in [9.17, 15) is 4.79 Å². The second kappa shape index (κ2) is 8.53. The smallest absolute Gasteiger partial charge is 0.246 e. The fourth-order valence-corrected chi connectivity index (χ4v) is 3.63. The SMILES string of the molecule is Cc1cc(/C=C/C(=O)N(C)C[C@H]2COc3ccccc3O2)c(C)n1Cc1ccco1. The first kappa shape index (κ1) is 19.9. The number of aromatic nitrogens is 1. The monoisotopic (exact) mass is 406 g/mol. The molecule has 0 saturated carbocycles. The van der Waals surface area contributed by atoms with Crippen LogP contribution >= 0.6 is 0 Å². The van der Waals surface area contributed by atoms with Gasteiger partial charge < -0.3 is 23.4 Å². The van der Waals surface area contributed by atoms with Crippen molar-refractivity contribution in [1.29, 1.82) is 0 Å². The zero-order valence-corrected chi connectivity index (χ0v) is 17.5. The van der Waals surface area contributed by atoms with E-state index in [0.29, 0.717) is 25.4 Å². The van der Waals surface area contributed by atoms with Gasteiger partial charge in [-0.1, -0.05) is 12.1 Å². The maximum atomic E-state index is 12.6. The molecule has 0 spiro atoms. The van der Waals surface area contributed by atoms with Crippen LogP contribution in [0.5, 0.6) is 11.5 Å². The largest absolute Gasteiger partial charge is 0.486 e. The summed E-state index contributed by atoms with van der Waals surface area (Å²) in [5, 5.41) is 0. The number of nitrogens with zero attached hydrogens (tertiary/aromatic N) is 2. The van der Waals surface area contributed by atoms with Crippen molar-refractivity contribution in [3.63, 3.8) is 0 Å². The molecule has 0 saturated heterocycles. The Balaban J connectivity index is 1.38. The minimum atomic E-state index is -0.194. The molecule has 2 aromatic heterocycles. The van der Waals surface area contributed by atoms with E-state index < -0.39 is 0 Å². The van der Waals surface area contributed by atoms with Crippen LogP contribution in [0.15, 0.2) is 59.2 Å². The number of carbonyl (C=O) groups is 1. The van der Waals surface area contributed by atoms with Crippen LogP contribution in [0.25, 0.3) is 6.08 Å². The Morgan fingerprint density at radius 2 is 2.00 bits per heavy atom. The zero-order valence-electron chi connectivity index (χ0n) is 17.5. The summed E-state index contributed by atoms with van der Waals surface area (Å²) in [4.78, 5) is 14.3. The number of likely N-dealkylation sites (N-methyl/N-ethyl adjacent to an activating group) is 1. The highest BCUT2D eigenvalue weighted by molar-refractivity contribution is 5.91. The standard InChI is InChI=1S/C24H26N2O4/c1-17-13-19(18(2)26(17)15-20-7-6-12-28-20)10-11-24(27)25(3)14-21-16-29-22-8-4-5-9-23(22)30-21/h4-13,21H,14-16H2,1-3H3/b11-10+/t21-/m0/s1. The lowest BCUT2D eigenvalue weighted by Gasteiger charge is -2.29. The quantitative estimate of drug-likeness (QED) is 0.580. The number of hydrogen-bond donors (Lipinski definition) is 0. The molecule has 6 nitrogen and oxygen atoms in total. The molecule has 0 aliphatic carbocycles. The number of benzene rings is 1. The van der Waals surface area contributed by atoms with Crippen LogP contribution in [0.3, 0.4) is 0 Å². The summed E-state index contributed by atoms with van der Waals surface area (Å²) in [7, 11) is 1.77. The van der Waals surface area contributed by atoms with Gasteiger partial charge in [0.1, 0.15) is 12.4 Å². The lowest BCUT2D eigenvalue weighted by atomic mass is 10.2. The van der Waals surface area contributed by atoms with Crippen LogP contribution in [0, 0.1) is 13.8 Å². The van der Waals surface area contributed by atoms with Crippen LogP contribution in [0.2, 0.25) is 0 Å². The molecule has 6 heteroatoms. The highest BCUT2D eigenvalue weighted by atomic mass is 16.6. The van der Waals surface area contributed by atoms with Gasteiger partial charge in [0, 0.05) is 24.5 Å². The van der Waals surface area contributed by atoms with E-state index in [0.717, 1.165) is 28.5 Å². The van der Waals surface area contributed by atoms with E-state index in [1.807, 2.05) is 42.5 Å². The first-order chi connectivity index (χ1) is 14.5. The Labute approximate surface area is 176 Å². The molecule has 0 bridgehead atoms.